The van der Waals surface area contributed by atoms with Gasteiger partial charge in [-0.15, -0.1) is 0 Å². The van der Waals surface area contributed by atoms with Crippen molar-refractivity contribution < 1.29 is 13.9 Å². The maximum Gasteiger partial charge on any atom is 0.191 e. The Labute approximate surface area is 95.4 Å². The van der Waals surface area contributed by atoms with E-state index in [4.69, 9.17) is 4.74 Å². The first-order chi connectivity index (χ1) is 7.60. The van der Waals surface area contributed by atoms with Crippen molar-refractivity contribution in [2.45, 2.75) is 32.8 Å². The van der Waals surface area contributed by atoms with E-state index in [1.165, 1.54) is 19.2 Å². The molecule has 0 aliphatic carbocycles. The summed E-state index contributed by atoms with van der Waals surface area (Å²) in [6.07, 6.45) is 1.05. The Bertz CT molecular complexity index is 374. The summed E-state index contributed by atoms with van der Waals surface area (Å²) < 4.78 is 18.2. The maximum atomic E-state index is 13.1. The second-order valence-electron chi connectivity index (χ2n) is 3.84. The maximum absolute atomic E-state index is 13.1. The van der Waals surface area contributed by atoms with Crippen LogP contribution < -0.4 is 0 Å². The first-order valence-electron chi connectivity index (χ1n) is 5.43. The van der Waals surface area contributed by atoms with Gasteiger partial charge in [0.05, 0.1) is 0 Å². The zero-order valence-electron chi connectivity index (χ0n) is 9.92. The number of halogens is 1. The summed E-state index contributed by atoms with van der Waals surface area (Å²) in [5, 5.41) is 0. The van der Waals surface area contributed by atoms with Crippen LogP contribution in [-0.2, 0) is 4.74 Å². The molecule has 1 aromatic rings. The fraction of sp³-hybridized carbons (Fsp3) is 0.462. The summed E-state index contributed by atoms with van der Waals surface area (Å²) in [6.45, 7) is 3.78. The van der Waals surface area contributed by atoms with E-state index in [1.54, 1.807) is 13.0 Å². The van der Waals surface area contributed by atoms with Crippen LogP contribution in [0.2, 0.25) is 0 Å². The third kappa shape index (κ3) is 2.89. The van der Waals surface area contributed by atoms with Gasteiger partial charge in [-0.05, 0) is 31.0 Å². The van der Waals surface area contributed by atoms with E-state index in [2.05, 4.69) is 0 Å². The van der Waals surface area contributed by atoms with Gasteiger partial charge in [0.2, 0.25) is 0 Å². The van der Waals surface area contributed by atoms with Crippen molar-refractivity contribution in [3.63, 3.8) is 0 Å². The molecule has 2 nitrogen and oxygen atoms in total. The van der Waals surface area contributed by atoms with E-state index in [0.29, 0.717) is 12.0 Å². The minimum atomic E-state index is -0.467. The van der Waals surface area contributed by atoms with Crippen LogP contribution in [0.4, 0.5) is 4.39 Å². The molecule has 0 aromatic heterocycles. The summed E-state index contributed by atoms with van der Waals surface area (Å²) in [5.41, 5.74) is 1.20. The van der Waals surface area contributed by atoms with Gasteiger partial charge in [0, 0.05) is 12.7 Å². The molecule has 0 saturated heterocycles. The quantitative estimate of drug-likeness (QED) is 0.718. The number of hydrogen-bond donors (Lipinski definition) is 0. The summed E-state index contributed by atoms with van der Waals surface area (Å²) in [6, 6.07) is 4.24. The van der Waals surface area contributed by atoms with Crippen molar-refractivity contribution in [3.05, 3.63) is 35.1 Å². The number of carbonyl (C=O) groups excluding carboxylic acids is 1. The fourth-order valence-corrected chi connectivity index (χ4v) is 1.65. The number of benzene rings is 1. The zero-order valence-corrected chi connectivity index (χ0v) is 9.92. The predicted octanol–water partition coefficient (Wildman–Crippen LogP) is 3.13. The van der Waals surface area contributed by atoms with Crippen LogP contribution in [0.25, 0.3) is 0 Å². The standard InChI is InChI=1S/C13H17FO2/c1-4-5-12(16-3)13(15)11-8-10(14)7-6-9(11)2/h6-8,12H,4-5H2,1-3H3. The van der Waals surface area contributed by atoms with E-state index in [-0.39, 0.29) is 11.6 Å². The topological polar surface area (TPSA) is 26.3 Å². The average Bonchev–Trinajstić information content (AvgIpc) is 2.28. The highest BCUT2D eigenvalue weighted by molar-refractivity contribution is 6.00. The normalized spacial score (nSPS) is 12.5. The molecule has 1 unspecified atom stereocenters. The van der Waals surface area contributed by atoms with E-state index in [9.17, 15) is 9.18 Å². The van der Waals surface area contributed by atoms with Crippen molar-refractivity contribution in [2.75, 3.05) is 7.11 Å². The second kappa shape index (κ2) is 5.75. The zero-order chi connectivity index (χ0) is 12.1. The van der Waals surface area contributed by atoms with Gasteiger partial charge in [-0.1, -0.05) is 19.4 Å². The van der Waals surface area contributed by atoms with Gasteiger partial charge < -0.3 is 4.74 Å². The molecule has 1 atom stereocenters. The Balaban J connectivity index is 2.98. The van der Waals surface area contributed by atoms with E-state index < -0.39 is 6.10 Å². The fourth-order valence-electron chi connectivity index (χ4n) is 1.65. The van der Waals surface area contributed by atoms with Crippen LogP contribution in [0.5, 0.6) is 0 Å². The van der Waals surface area contributed by atoms with Crippen LogP contribution in [0.15, 0.2) is 18.2 Å². The van der Waals surface area contributed by atoms with Crippen molar-refractivity contribution in [1.82, 2.24) is 0 Å². The van der Waals surface area contributed by atoms with Gasteiger partial charge >= 0.3 is 0 Å². The van der Waals surface area contributed by atoms with Crippen molar-refractivity contribution in [1.29, 1.82) is 0 Å². The number of ether oxygens (including phenoxy) is 1. The molecular weight excluding hydrogens is 207 g/mol. The minimum absolute atomic E-state index is 0.138. The lowest BCUT2D eigenvalue weighted by atomic mass is 9.98. The highest BCUT2D eigenvalue weighted by atomic mass is 19.1. The molecule has 0 radical (unpaired) electrons. The largest absolute Gasteiger partial charge is 0.373 e. The molecule has 0 N–H and O–H groups in total. The van der Waals surface area contributed by atoms with Crippen LogP contribution in [0, 0.1) is 12.7 Å². The van der Waals surface area contributed by atoms with Crippen LogP contribution in [-0.4, -0.2) is 19.0 Å². The lowest BCUT2D eigenvalue weighted by Crippen LogP contribution is -2.23. The second-order valence-corrected chi connectivity index (χ2v) is 3.84. The van der Waals surface area contributed by atoms with Gasteiger partial charge in [-0.3, -0.25) is 4.79 Å². The molecule has 0 bridgehead atoms. The van der Waals surface area contributed by atoms with Gasteiger partial charge in [0.25, 0.3) is 0 Å². The first-order valence-corrected chi connectivity index (χ1v) is 5.43. The Morgan fingerprint density at radius 3 is 2.75 bits per heavy atom. The number of carbonyl (C=O) groups is 1. The van der Waals surface area contributed by atoms with Crippen molar-refractivity contribution in [2.24, 2.45) is 0 Å². The third-order valence-electron chi connectivity index (χ3n) is 2.59. The number of ketones is 1. The molecule has 0 amide bonds. The van der Waals surface area contributed by atoms with Crippen LogP contribution in [0.1, 0.15) is 35.7 Å². The Hall–Kier alpha value is -1.22. The van der Waals surface area contributed by atoms with E-state index >= 15 is 0 Å². The van der Waals surface area contributed by atoms with Crippen LogP contribution in [0.3, 0.4) is 0 Å². The molecule has 3 heteroatoms. The summed E-state index contributed by atoms with van der Waals surface area (Å²) >= 11 is 0. The van der Waals surface area contributed by atoms with E-state index in [0.717, 1.165) is 12.0 Å². The van der Waals surface area contributed by atoms with Gasteiger partial charge in [-0.25, -0.2) is 4.39 Å². The molecule has 0 fully saturated rings. The number of aryl methyl sites for hydroxylation is 1. The third-order valence-corrected chi connectivity index (χ3v) is 2.59. The van der Waals surface area contributed by atoms with Crippen molar-refractivity contribution in [3.8, 4) is 0 Å². The Kier molecular flexibility index (Phi) is 4.62. The summed E-state index contributed by atoms with van der Waals surface area (Å²) in [5.74, 6) is -0.526. The smallest absolute Gasteiger partial charge is 0.191 e. The highest BCUT2D eigenvalue weighted by Crippen LogP contribution is 2.16. The highest BCUT2D eigenvalue weighted by Gasteiger charge is 2.20. The molecule has 0 aliphatic heterocycles. The summed E-state index contributed by atoms with van der Waals surface area (Å²) in [4.78, 5) is 12.0. The first kappa shape index (κ1) is 12.8. The molecule has 0 spiro atoms. The van der Waals surface area contributed by atoms with Crippen LogP contribution >= 0.6 is 0 Å². The van der Waals surface area contributed by atoms with Crippen molar-refractivity contribution >= 4 is 5.78 Å². The molecule has 1 rings (SSSR count). The van der Waals surface area contributed by atoms with Gasteiger partial charge in [0.1, 0.15) is 11.9 Å². The summed E-state index contributed by atoms with van der Waals surface area (Å²) in [7, 11) is 1.51. The Morgan fingerprint density at radius 1 is 1.50 bits per heavy atom. The number of Topliss-reactive ketones (excluding diaryl/α,β-unsaturated/α-hetero) is 1. The predicted molar refractivity (Wildman–Crippen MR) is 61.2 cm³/mol. The number of methoxy groups -OCH3 is 1. The molecule has 16 heavy (non-hydrogen) atoms. The number of rotatable bonds is 5. The molecule has 1 aromatic carbocycles. The van der Waals surface area contributed by atoms with Gasteiger partial charge in [0.15, 0.2) is 5.78 Å². The monoisotopic (exact) mass is 224 g/mol. The lowest BCUT2D eigenvalue weighted by molar-refractivity contribution is 0.0577. The molecular formula is C13H17FO2. The molecule has 0 aliphatic rings. The van der Waals surface area contributed by atoms with E-state index in [1.807, 2.05) is 6.92 Å². The average molecular weight is 224 g/mol. The lowest BCUT2D eigenvalue weighted by Gasteiger charge is -2.14. The number of hydrogen-bond acceptors (Lipinski definition) is 2. The molecule has 88 valence electrons. The minimum Gasteiger partial charge on any atom is -0.373 e. The van der Waals surface area contributed by atoms with Gasteiger partial charge in [-0.2, -0.15) is 0 Å². The Morgan fingerprint density at radius 2 is 2.19 bits per heavy atom. The molecule has 0 heterocycles. The SMILES string of the molecule is CCCC(OC)C(=O)c1cc(F)ccc1C. The molecule has 0 saturated carbocycles.